The number of ether oxygens (including phenoxy) is 7. The summed E-state index contributed by atoms with van der Waals surface area (Å²) in [6.45, 7) is -3.11. The third-order valence-corrected chi connectivity index (χ3v) is 8.19. The van der Waals surface area contributed by atoms with Crippen LogP contribution in [0.3, 0.4) is 0 Å². The smallest absolute Gasteiger partial charge is 0.187 e. The van der Waals surface area contributed by atoms with Crippen LogP contribution < -0.4 is 0 Å². The molecule has 0 unspecified atom stereocenters. The average Bonchev–Trinajstić information content (AvgIpc) is 3.03. The van der Waals surface area contributed by atoms with Gasteiger partial charge in [-0.2, -0.15) is 0 Å². The van der Waals surface area contributed by atoms with Crippen LogP contribution in [-0.2, 0) is 33.2 Å². The zero-order chi connectivity index (χ0) is 33.3. The van der Waals surface area contributed by atoms with Crippen LogP contribution in [0.15, 0.2) is 0 Å². The summed E-state index contributed by atoms with van der Waals surface area (Å²) in [6, 6.07) is 0. The summed E-state index contributed by atoms with van der Waals surface area (Å²) in [5.74, 6) is 0. The van der Waals surface area contributed by atoms with Crippen molar-refractivity contribution in [1.82, 2.24) is 0 Å². The molecule has 0 bridgehead atoms. The third kappa shape index (κ3) is 7.59. The summed E-state index contributed by atoms with van der Waals surface area (Å²) >= 11 is 0. The van der Waals surface area contributed by atoms with Crippen molar-refractivity contribution in [2.24, 2.45) is 0 Å². The largest absolute Gasteiger partial charge is 0.394 e. The van der Waals surface area contributed by atoms with Gasteiger partial charge in [-0.1, -0.05) is 0 Å². The lowest BCUT2D eigenvalue weighted by molar-refractivity contribution is -0.380. The van der Waals surface area contributed by atoms with E-state index < -0.39 is 149 Å². The van der Waals surface area contributed by atoms with E-state index in [1.807, 2.05) is 0 Å². The molecule has 0 aromatic carbocycles. The van der Waals surface area contributed by atoms with Crippen molar-refractivity contribution in [3.05, 3.63) is 0 Å². The predicted octanol–water partition coefficient (Wildman–Crippen LogP) is -9.75. The standard InChI is InChI=1S/C24H42O21/c25-1-5-9(28)12(31)15(34)22(41-5)39-4-8-11(30)20(18(37)21(38)40-8)45-24-17(36)14(33)19(7(3-27)43-24)44-23-16(35)13(32)10(29)6(2-26)42-23/h5-38H,1-4H2/t5-,6-,7-,8-,9+,10+,11+,12+,13+,14-,15-,16-,17-,18-,19-,20+,21-,22-,23+,24+/m1/s1. The van der Waals surface area contributed by atoms with Crippen LogP contribution in [0.25, 0.3) is 0 Å². The Morgan fingerprint density at radius 1 is 0.378 bits per heavy atom. The van der Waals surface area contributed by atoms with Crippen LogP contribution in [0.1, 0.15) is 0 Å². The van der Waals surface area contributed by atoms with E-state index in [1.165, 1.54) is 0 Å². The van der Waals surface area contributed by atoms with E-state index in [1.54, 1.807) is 0 Å². The Morgan fingerprint density at radius 3 is 1.36 bits per heavy atom. The van der Waals surface area contributed by atoms with E-state index in [9.17, 15) is 71.5 Å². The minimum absolute atomic E-state index is 0.682. The fraction of sp³-hybridized carbons (Fsp3) is 1.00. The van der Waals surface area contributed by atoms with Gasteiger partial charge < -0.3 is 105 Å². The Balaban J connectivity index is 1.41. The van der Waals surface area contributed by atoms with Gasteiger partial charge in [0, 0.05) is 0 Å². The fourth-order valence-corrected chi connectivity index (χ4v) is 5.43. The van der Waals surface area contributed by atoms with Crippen molar-refractivity contribution < 1.29 is 105 Å². The zero-order valence-corrected chi connectivity index (χ0v) is 23.5. The molecule has 0 aliphatic carbocycles. The van der Waals surface area contributed by atoms with Crippen molar-refractivity contribution in [2.75, 3.05) is 26.4 Å². The van der Waals surface area contributed by atoms with Crippen molar-refractivity contribution in [2.45, 2.75) is 123 Å². The van der Waals surface area contributed by atoms with Crippen molar-refractivity contribution in [3.63, 3.8) is 0 Å². The highest BCUT2D eigenvalue weighted by Crippen LogP contribution is 2.32. The van der Waals surface area contributed by atoms with Crippen LogP contribution >= 0.6 is 0 Å². The molecule has 264 valence electrons. The first kappa shape index (κ1) is 37.0. The lowest BCUT2D eigenvalue weighted by Crippen LogP contribution is -2.66. The van der Waals surface area contributed by atoms with Gasteiger partial charge in [-0.15, -0.1) is 0 Å². The summed E-state index contributed by atoms with van der Waals surface area (Å²) in [6.07, 6.45) is -35.1. The molecule has 4 aliphatic rings. The molecule has 4 heterocycles. The second-order valence-electron chi connectivity index (χ2n) is 11.2. The molecule has 4 saturated heterocycles. The summed E-state index contributed by atoms with van der Waals surface area (Å²) in [4.78, 5) is 0. The van der Waals surface area contributed by atoms with Gasteiger partial charge in [0.05, 0.1) is 26.4 Å². The lowest BCUT2D eigenvalue weighted by Gasteiger charge is -2.48. The molecule has 0 saturated carbocycles. The highest BCUT2D eigenvalue weighted by molar-refractivity contribution is 4.96. The highest BCUT2D eigenvalue weighted by atomic mass is 16.8. The first-order valence-corrected chi connectivity index (χ1v) is 14.1. The van der Waals surface area contributed by atoms with Crippen molar-refractivity contribution in [1.29, 1.82) is 0 Å². The highest BCUT2D eigenvalue weighted by Gasteiger charge is 2.54. The molecule has 0 spiro atoms. The van der Waals surface area contributed by atoms with Crippen LogP contribution in [0.5, 0.6) is 0 Å². The molecule has 4 rings (SSSR count). The number of hydrogen-bond acceptors (Lipinski definition) is 21. The van der Waals surface area contributed by atoms with E-state index in [0.29, 0.717) is 0 Å². The lowest BCUT2D eigenvalue weighted by atomic mass is 9.96. The Kier molecular flexibility index (Phi) is 12.8. The van der Waals surface area contributed by atoms with E-state index in [4.69, 9.17) is 33.2 Å². The Morgan fingerprint density at radius 2 is 0.822 bits per heavy atom. The van der Waals surface area contributed by atoms with Gasteiger partial charge in [0.25, 0.3) is 0 Å². The molecule has 20 atom stereocenters. The van der Waals surface area contributed by atoms with Crippen molar-refractivity contribution >= 4 is 0 Å². The molecule has 0 aromatic rings. The number of hydrogen-bond donors (Lipinski definition) is 14. The summed E-state index contributed by atoms with van der Waals surface area (Å²) in [5, 5.41) is 142. The predicted molar refractivity (Wildman–Crippen MR) is 134 cm³/mol. The second kappa shape index (κ2) is 15.6. The van der Waals surface area contributed by atoms with Crippen LogP contribution in [0, 0.1) is 0 Å². The molecule has 0 radical (unpaired) electrons. The van der Waals surface area contributed by atoms with Gasteiger partial charge >= 0.3 is 0 Å². The molecule has 0 amide bonds. The molecule has 14 N–H and O–H groups in total. The Bertz CT molecular complexity index is 912. The molecule has 0 aromatic heterocycles. The Labute approximate surface area is 254 Å². The number of aliphatic hydroxyl groups is 14. The van der Waals surface area contributed by atoms with Gasteiger partial charge in [-0.25, -0.2) is 0 Å². The zero-order valence-electron chi connectivity index (χ0n) is 23.5. The third-order valence-electron chi connectivity index (χ3n) is 8.19. The molecule has 4 fully saturated rings. The summed E-state index contributed by atoms with van der Waals surface area (Å²) < 4.78 is 37.4. The molecular formula is C24H42O21. The normalized spacial score (nSPS) is 52.9. The number of rotatable bonds is 10. The topological polar surface area (TPSA) is 348 Å². The van der Waals surface area contributed by atoms with E-state index in [0.717, 1.165) is 0 Å². The average molecular weight is 667 g/mol. The van der Waals surface area contributed by atoms with Crippen LogP contribution in [-0.4, -0.2) is 221 Å². The minimum atomic E-state index is -2.04. The first-order valence-electron chi connectivity index (χ1n) is 14.1. The van der Waals surface area contributed by atoms with Gasteiger partial charge in [0.2, 0.25) is 0 Å². The van der Waals surface area contributed by atoms with Gasteiger partial charge in [0.1, 0.15) is 97.7 Å². The summed E-state index contributed by atoms with van der Waals surface area (Å²) in [7, 11) is 0. The van der Waals surface area contributed by atoms with Gasteiger partial charge in [-0.05, 0) is 0 Å². The Hall–Kier alpha value is -0.840. The monoisotopic (exact) mass is 666 g/mol. The van der Waals surface area contributed by atoms with Gasteiger partial charge in [0.15, 0.2) is 25.2 Å². The van der Waals surface area contributed by atoms with E-state index in [-0.39, 0.29) is 0 Å². The van der Waals surface area contributed by atoms with E-state index in [2.05, 4.69) is 0 Å². The maximum absolute atomic E-state index is 10.9. The van der Waals surface area contributed by atoms with Crippen molar-refractivity contribution in [3.8, 4) is 0 Å². The van der Waals surface area contributed by atoms with Gasteiger partial charge in [-0.3, -0.25) is 0 Å². The van der Waals surface area contributed by atoms with Crippen LogP contribution in [0.4, 0.5) is 0 Å². The molecule has 4 aliphatic heterocycles. The summed E-state index contributed by atoms with van der Waals surface area (Å²) in [5.41, 5.74) is 0. The molecular weight excluding hydrogens is 624 g/mol. The fourth-order valence-electron chi connectivity index (χ4n) is 5.43. The molecule has 21 heteroatoms. The quantitative estimate of drug-likeness (QED) is 0.103. The first-order chi connectivity index (χ1) is 21.2. The number of aliphatic hydroxyl groups excluding tert-OH is 14. The second-order valence-corrected chi connectivity index (χ2v) is 11.2. The molecule has 21 nitrogen and oxygen atoms in total. The SMILES string of the molecule is OC[C@H]1O[C@@H](OC[C@H]2O[C@@H](O)[C@H](O)[C@@H](O[C@@H]3O[C@H](CO)[C@@H](O[C@@H]4O[C@H](CO)[C@H](O)[C@H](O)[C@H]4O)[C@H](O)[C@H]3O)[C@H]2O)[C@H](O)[C@@H](O)[C@H]1O. The molecule has 45 heavy (non-hydrogen) atoms. The van der Waals surface area contributed by atoms with E-state index >= 15 is 0 Å². The maximum atomic E-state index is 10.9. The minimum Gasteiger partial charge on any atom is -0.394 e. The maximum Gasteiger partial charge on any atom is 0.187 e. The van der Waals surface area contributed by atoms with Crippen LogP contribution in [0.2, 0.25) is 0 Å².